The zero-order valence-electron chi connectivity index (χ0n) is 10.9. The second-order valence-electron chi connectivity index (χ2n) is 5.23. The van der Waals surface area contributed by atoms with Gasteiger partial charge in [-0.25, -0.2) is 8.78 Å². The molecule has 0 saturated carbocycles. The van der Waals surface area contributed by atoms with Crippen LogP contribution in [0.4, 0.5) is 8.78 Å². The number of hydrogen-bond donors (Lipinski definition) is 1. The van der Waals surface area contributed by atoms with Gasteiger partial charge < -0.3 is 5.32 Å². The number of hydrogen-bond acceptors (Lipinski definition) is 2. The van der Waals surface area contributed by atoms with Crippen molar-refractivity contribution in [1.82, 2.24) is 10.2 Å². The van der Waals surface area contributed by atoms with Gasteiger partial charge in [-0.15, -0.1) is 0 Å². The highest BCUT2D eigenvalue weighted by atomic mass is 19.2. The Morgan fingerprint density at radius 3 is 2.78 bits per heavy atom. The lowest BCUT2D eigenvalue weighted by Crippen LogP contribution is -2.52. The van der Waals surface area contributed by atoms with E-state index >= 15 is 0 Å². The van der Waals surface area contributed by atoms with E-state index in [1.807, 2.05) is 0 Å². The molecule has 18 heavy (non-hydrogen) atoms. The summed E-state index contributed by atoms with van der Waals surface area (Å²) in [5, 5.41) is 3.38. The predicted octanol–water partition coefficient (Wildman–Crippen LogP) is 2.39. The van der Waals surface area contributed by atoms with E-state index < -0.39 is 11.6 Å². The standard InChI is InChI=1S/C14H20F2N2/c1-10(2)14-8-17-5-6-18(14)9-11-3-4-12(15)13(16)7-11/h3-4,7,10,14,17H,5-6,8-9H2,1-2H3. The third-order valence-corrected chi connectivity index (χ3v) is 3.54. The summed E-state index contributed by atoms with van der Waals surface area (Å²) >= 11 is 0. The zero-order chi connectivity index (χ0) is 13.1. The predicted molar refractivity (Wildman–Crippen MR) is 68.3 cm³/mol. The Morgan fingerprint density at radius 1 is 1.33 bits per heavy atom. The molecule has 1 unspecified atom stereocenters. The second kappa shape index (κ2) is 5.76. The molecule has 0 spiro atoms. The largest absolute Gasteiger partial charge is 0.314 e. The average molecular weight is 254 g/mol. The molecule has 1 aliphatic heterocycles. The molecule has 0 aromatic heterocycles. The van der Waals surface area contributed by atoms with E-state index in [2.05, 4.69) is 24.1 Å². The van der Waals surface area contributed by atoms with E-state index in [0.717, 1.165) is 25.2 Å². The molecule has 1 aromatic carbocycles. The van der Waals surface area contributed by atoms with E-state index in [1.165, 1.54) is 12.1 Å². The molecule has 1 aromatic rings. The van der Waals surface area contributed by atoms with Crippen molar-refractivity contribution >= 4 is 0 Å². The first-order valence-corrected chi connectivity index (χ1v) is 6.46. The van der Waals surface area contributed by atoms with Crippen molar-refractivity contribution < 1.29 is 8.78 Å². The van der Waals surface area contributed by atoms with Crippen LogP contribution in [-0.2, 0) is 6.54 Å². The summed E-state index contributed by atoms with van der Waals surface area (Å²) in [6.45, 7) is 7.92. The van der Waals surface area contributed by atoms with Crippen LogP contribution in [0, 0.1) is 17.6 Å². The fourth-order valence-electron chi connectivity index (χ4n) is 2.49. The third kappa shape index (κ3) is 3.06. The summed E-state index contributed by atoms with van der Waals surface area (Å²) in [5.41, 5.74) is 0.835. The SMILES string of the molecule is CC(C)C1CNCCN1Cc1ccc(F)c(F)c1. The first-order valence-electron chi connectivity index (χ1n) is 6.46. The number of nitrogens with one attached hydrogen (secondary N) is 1. The summed E-state index contributed by atoms with van der Waals surface area (Å²) in [5.74, 6) is -0.994. The van der Waals surface area contributed by atoms with Crippen molar-refractivity contribution in [2.24, 2.45) is 5.92 Å². The lowest BCUT2D eigenvalue weighted by molar-refractivity contribution is 0.117. The molecule has 0 amide bonds. The Bertz CT molecular complexity index is 407. The first-order chi connectivity index (χ1) is 8.58. The van der Waals surface area contributed by atoms with Crippen LogP contribution in [0.1, 0.15) is 19.4 Å². The molecule has 0 radical (unpaired) electrons. The summed E-state index contributed by atoms with van der Waals surface area (Å²) in [4.78, 5) is 2.34. The van der Waals surface area contributed by atoms with Crippen LogP contribution in [0.15, 0.2) is 18.2 Å². The van der Waals surface area contributed by atoms with E-state index in [-0.39, 0.29) is 0 Å². The van der Waals surface area contributed by atoms with Crippen LogP contribution in [0.3, 0.4) is 0 Å². The third-order valence-electron chi connectivity index (χ3n) is 3.54. The topological polar surface area (TPSA) is 15.3 Å². The number of nitrogens with zero attached hydrogens (tertiary/aromatic N) is 1. The fraction of sp³-hybridized carbons (Fsp3) is 0.571. The van der Waals surface area contributed by atoms with E-state index in [9.17, 15) is 8.78 Å². The minimum atomic E-state index is -0.778. The van der Waals surface area contributed by atoms with Gasteiger partial charge in [0.05, 0.1) is 0 Å². The minimum absolute atomic E-state index is 0.451. The second-order valence-corrected chi connectivity index (χ2v) is 5.23. The molecule has 2 nitrogen and oxygen atoms in total. The molecule has 0 bridgehead atoms. The van der Waals surface area contributed by atoms with Gasteiger partial charge in [0.1, 0.15) is 0 Å². The quantitative estimate of drug-likeness (QED) is 0.891. The lowest BCUT2D eigenvalue weighted by atomic mass is 10.00. The highest BCUT2D eigenvalue weighted by Gasteiger charge is 2.24. The Labute approximate surface area is 107 Å². The molecule has 1 saturated heterocycles. The molecular weight excluding hydrogens is 234 g/mol. The Hall–Kier alpha value is -1.00. The highest BCUT2D eigenvalue weighted by molar-refractivity contribution is 5.18. The Balaban J connectivity index is 2.08. The molecule has 1 N–H and O–H groups in total. The van der Waals surface area contributed by atoms with Crippen LogP contribution in [0.5, 0.6) is 0 Å². The number of piperazine rings is 1. The number of rotatable bonds is 3. The normalized spacial score (nSPS) is 21.5. The molecule has 2 rings (SSSR count). The van der Waals surface area contributed by atoms with E-state index in [4.69, 9.17) is 0 Å². The molecule has 1 aliphatic rings. The van der Waals surface area contributed by atoms with Crippen molar-refractivity contribution in [3.63, 3.8) is 0 Å². The van der Waals surface area contributed by atoms with Crippen LogP contribution >= 0.6 is 0 Å². The molecule has 1 atom stereocenters. The first kappa shape index (κ1) is 13.4. The van der Waals surface area contributed by atoms with Gasteiger partial charge in [0.25, 0.3) is 0 Å². The smallest absolute Gasteiger partial charge is 0.159 e. The summed E-state index contributed by atoms with van der Waals surface area (Å²) in [6, 6.07) is 4.62. The van der Waals surface area contributed by atoms with Crippen LogP contribution in [-0.4, -0.2) is 30.6 Å². The number of halogens is 2. The van der Waals surface area contributed by atoms with Gasteiger partial charge in [-0.2, -0.15) is 0 Å². The summed E-state index contributed by atoms with van der Waals surface area (Å²) < 4.78 is 26.1. The highest BCUT2D eigenvalue weighted by Crippen LogP contribution is 2.17. The maximum absolute atomic E-state index is 13.2. The van der Waals surface area contributed by atoms with E-state index in [0.29, 0.717) is 18.5 Å². The Kier molecular flexibility index (Phi) is 4.30. The van der Waals surface area contributed by atoms with Crippen molar-refractivity contribution in [2.45, 2.75) is 26.4 Å². The summed E-state index contributed by atoms with van der Waals surface area (Å²) in [6.07, 6.45) is 0. The van der Waals surface area contributed by atoms with Gasteiger partial charge in [-0.05, 0) is 23.6 Å². The van der Waals surface area contributed by atoms with Gasteiger partial charge in [-0.1, -0.05) is 19.9 Å². The fourth-order valence-corrected chi connectivity index (χ4v) is 2.49. The molecule has 1 heterocycles. The number of benzene rings is 1. The van der Waals surface area contributed by atoms with Crippen LogP contribution < -0.4 is 5.32 Å². The Morgan fingerprint density at radius 2 is 2.11 bits per heavy atom. The molecular formula is C14H20F2N2. The van der Waals surface area contributed by atoms with Gasteiger partial charge in [-0.3, -0.25) is 4.90 Å². The zero-order valence-corrected chi connectivity index (χ0v) is 10.9. The average Bonchev–Trinajstić information content (AvgIpc) is 2.34. The van der Waals surface area contributed by atoms with Gasteiger partial charge >= 0.3 is 0 Å². The van der Waals surface area contributed by atoms with Gasteiger partial charge in [0, 0.05) is 32.2 Å². The van der Waals surface area contributed by atoms with Gasteiger partial charge in [0.15, 0.2) is 11.6 Å². The van der Waals surface area contributed by atoms with Crippen molar-refractivity contribution in [3.05, 3.63) is 35.4 Å². The van der Waals surface area contributed by atoms with Crippen molar-refractivity contribution in [3.8, 4) is 0 Å². The molecule has 0 aliphatic carbocycles. The lowest BCUT2D eigenvalue weighted by Gasteiger charge is -2.38. The van der Waals surface area contributed by atoms with Crippen molar-refractivity contribution in [2.75, 3.05) is 19.6 Å². The van der Waals surface area contributed by atoms with E-state index in [1.54, 1.807) is 6.07 Å². The van der Waals surface area contributed by atoms with Crippen molar-refractivity contribution in [1.29, 1.82) is 0 Å². The van der Waals surface area contributed by atoms with Gasteiger partial charge in [0.2, 0.25) is 0 Å². The van der Waals surface area contributed by atoms with Crippen LogP contribution in [0.25, 0.3) is 0 Å². The minimum Gasteiger partial charge on any atom is -0.314 e. The maximum Gasteiger partial charge on any atom is 0.159 e. The molecule has 1 fully saturated rings. The maximum atomic E-state index is 13.2. The van der Waals surface area contributed by atoms with Crippen LogP contribution in [0.2, 0.25) is 0 Å². The summed E-state index contributed by atoms with van der Waals surface area (Å²) in [7, 11) is 0. The molecule has 4 heteroatoms. The monoisotopic (exact) mass is 254 g/mol. The molecule has 100 valence electrons.